The van der Waals surface area contributed by atoms with E-state index in [4.69, 9.17) is 0 Å². The zero-order valence-electron chi connectivity index (χ0n) is 10.6. The Morgan fingerprint density at radius 3 is 2.35 bits per heavy atom. The number of hydrogen-bond donors (Lipinski definition) is 0. The average Bonchev–Trinajstić information content (AvgIpc) is 2.98. The zero-order valence-corrected chi connectivity index (χ0v) is 14.3. The van der Waals surface area contributed by atoms with Crippen LogP contribution in [-0.2, 0) is 0 Å². The largest absolute Gasteiger partial charge is 0.241 e. The molecule has 3 rings (SSSR count). The lowest BCUT2D eigenvalue weighted by Gasteiger charge is -2.07. The van der Waals surface area contributed by atoms with E-state index in [0.717, 1.165) is 11.3 Å². The standard InChI is InChI=1S/C16H12BrIN2/c17-16(12-6-8-14(18)9-7-12)13-10-19-20(11-13)15-4-2-1-3-5-15/h1-11,16H. The number of aromatic nitrogens is 2. The second-order valence-corrected chi connectivity index (χ2v) is 6.63. The van der Waals surface area contributed by atoms with Crippen molar-refractivity contribution in [3.05, 3.63) is 81.7 Å². The van der Waals surface area contributed by atoms with Gasteiger partial charge in [-0.2, -0.15) is 5.10 Å². The summed E-state index contributed by atoms with van der Waals surface area (Å²) >= 11 is 6.06. The second-order valence-electron chi connectivity index (χ2n) is 4.47. The van der Waals surface area contributed by atoms with E-state index in [1.54, 1.807) is 0 Å². The van der Waals surface area contributed by atoms with Crippen LogP contribution >= 0.6 is 38.5 Å². The molecule has 0 fully saturated rings. The summed E-state index contributed by atoms with van der Waals surface area (Å²) in [5.41, 5.74) is 3.45. The smallest absolute Gasteiger partial charge is 0.0675 e. The van der Waals surface area contributed by atoms with E-state index in [1.165, 1.54) is 9.13 Å². The van der Waals surface area contributed by atoms with Crippen molar-refractivity contribution < 1.29 is 0 Å². The Bertz CT molecular complexity index is 692. The Labute approximate surface area is 140 Å². The van der Waals surface area contributed by atoms with Gasteiger partial charge in [-0.25, -0.2) is 4.68 Å². The molecule has 0 spiro atoms. The number of para-hydroxylation sites is 1. The first-order valence-electron chi connectivity index (χ1n) is 6.23. The maximum atomic E-state index is 4.44. The molecule has 0 radical (unpaired) electrons. The summed E-state index contributed by atoms with van der Waals surface area (Å²) in [7, 11) is 0. The van der Waals surface area contributed by atoms with Crippen molar-refractivity contribution in [2.24, 2.45) is 0 Å². The highest BCUT2D eigenvalue weighted by molar-refractivity contribution is 14.1. The minimum atomic E-state index is 0.164. The van der Waals surface area contributed by atoms with Crippen LogP contribution in [0.5, 0.6) is 0 Å². The normalized spacial score (nSPS) is 12.3. The van der Waals surface area contributed by atoms with Crippen LogP contribution in [0.25, 0.3) is 5.69 Å². The molecular weight excluding hydrogens is 427 g/mol. The zero-order chi connectivity index (χ0) is 13.9. The van der Waals surface area contributed by atoms with Crippen LogP contribution in [-0.4, -0.2) is 9.78 Å². The maximum absolute atomic E-state index is 4.44. The minimum absolute atomic E-state index is 0.164. The summed E-state index contributed by atoms with van der Waals surface area (Å²) in [5, 5.41) is 4.44. The molecule has 0 amide bonds. The number of nitrogens with zero attached hydrogens (tertiary/aromatic N) is 2. The molecule has 0 bridgehead atoms. The van der Waals surface area contributed by atoms with E-state index in [2.05, 4.69) is 74.1 Å². The maximum Gasteiger partial charge on any atom is 0.0675 e. The summed E-state index contributed by atoms with van der Waals surface area (Å²) in [6.07, 6.45) is 3.97. The molecule has 2 aromatic carbocycles. The topological polar surface area (TPSA) is 17.8 Å². The van der Waals surface area contributed by atoms with Crippen LogP contribution in [0, 0.1) is 3.57 Å². The van der Waals surface area contributed by atoms with Crippen molar-refractivity contribution >= 4 is 38.5 Å². The molecule has 1 unspecified atom stereocenters. The molecule has 2 nitrogen and oxygen atoms in total. The molecule has 1 aromatic heterocycles. The predicted molar refractivity (Wildman–Crippen MR) is 93.5 cm³/mol. The summed E-state index contributed by atoms with van der Waals surface area (Å²) in [4.78, 5) is 0.164. The highest BCUT2D eigenvalue weighted by Crippen LogP contribution is 2.31. The monoisotopic (exact) mass is 438 g/mol. The van der Waals surface area contributed by atoms with Gasteiger partial charge in [0.15, 0.2) is 0 Å². The first-order valence-corrected chi connectivity index (χ1v) is 8.23. The molecular formula is C16H12BrIN2. The third-order valence-electron chi connectivity index (χ3n) is 3.08. The third kappa shape index (κ3) is 2.96. The number of hydrogen-bond acceptors (Lipinski definition) is 1. The number of halogens is 2. The molecule has 0 N–H and O–H groups in total. The van der Waals surface area contributed by atoms with Crippen molar-refractivity contribution in [2.45, 2.75) is 4.83 Å². The molecule has 0 aliphatic heterocycles. The van der Waals surface area contributed by atoms with Crippen LogP contribution in [0.1, 0.15) is 16.0 Å². The fourth-order valence-electron chi connectivity index (χ4n) is 2.01. The molecule has 4 heteroatoms. The van der Waals surface area contributed by atoms with Crippen LogP contribution < -0.4 is 0 Å². The summed E-state index contributed by atoms with van der Waals surface area (Å²) in [5.74, 6) is 0. The number of rotatable bonds is 3. The Morgan fingerprint density at radius 2 is 1.65 bits per heavy atom. The lowest BCUT2D eigenvalue weighted by atomic mass is 10.1. The Balaban J connectivity index is 1.88. The van der Waals surface area contributed by atoms with Gasteiger partial charge in [-0.3, -0.25) is 0 Å². The number of benzene rings is 2. The van der Waals surface area contributed by atoms with Gasteiger partial charge in [0.25, 0.3) is 0 Å². The minimum Gasteiger partial charge on any atom is -0.241 e. The average molecular weight is 439 g/mol. The molecule has 1 heterocycles. The van der Waals surface area contributed by atoms with Gasteiger partial charge in [-0.1, -0.05) is 46.3 Å². The van der Waals surface area contributed by atoms with Gasteiger partial charge >= 0.3 is 0 Å². The van der Waals surface area contributed by atoms with Gasteiger partial charge in [0.2, 0.25) is 0 Å². The van der Waals surface area contributed by atoms with Gasteiger partial charge in [0, 0.05) is 15.3 Å². The van der Waals surface area contributed by atoms with E-state index in [1.807, 2.05) is 41.2 Å². The molecule has 1 atom stereocenters. The van der Waals surface area contributed by atoms with Crippen LogP contribution in [0.3, 0.4) is 0 Å². The van der Waals surface area contributed by atoms with Gasteiger partial charge in [-0.05, 0) is 52.4 Å². The lowest BCUT2D eigenvalue weighted by molar-refractivity contribution is 0.880. The molecule has 0 saturated heterocycles. The van der Waals surface area contributed by atoms with Gasteiger partial charge in [0.1, 0.15) is 0 Å². The summed E-state index contributed by atoms with van der Waals surface area (Å²) < 4.78 is 3.14. The summed E-state index contributed by atoms with van der Waals surface area (Å²) in [6.45, 7) is 0. The quantitative estimate of drug-likeness (QED) is 0.417. The van der Waals surface area contributed by atoms with Crippen molar-refractivity contribution in [2.75, 3.05) is 0 Å². The fourth-order valence-corrected chi connectivity index (χ4v) is 2.91. The van der Waals surface area contributed by atoms with Gasteiger partial charge in [0.05, 0.1) is 16.7 Å². The Hall–Kier alpha value is -1.14. The van der Waals surface area contributed by atoms with Crippen LogP contribution in [0.4, 0.5) is 0 Å². The molecule has 3 aromatic rings. The molecule has 100 valence electrons. The first-order chi connectivity index (χ1) is 9.74. The van der Waals surface area contributed by atoms with E-state index in [0.29, 0.717) is 0 Å². The molecule has 20 heavy (non-hydrogen) atoms. The second kappa shape index (κ2) is 6.10. The van der Waals surface area contributed by atoms with Crippen molar-refractivity contribution in [1.29, 1.82) is 0 Å². The highest BCUT2D eigenvalue weighted by atomic mass is 127. The predicted octanol–water partition coefficient (Wildman–Crippen LogP) is 4.96. The SMILES string of the molecule is BrC(c1ccc(I)cc1)c1cnn(-c2ccccc2)c1. The summed E-state index contributed by atoms with van der Waals surface area (Å²) in [6, 6.07) is 18.6. The van der Waals surface area contributed by atoms with E-state index in [-0.39, 0.29) is 4.83 Å². The third-order valence-corrected chi connectivity index (χ3v) is 4.86. The van der Waals surface area contributed by atoms with E-state index in [9.17, 15) is 0 Å². The Morgan fingerprint density at radius 1 is 0.950 bits per heavy atom. The lowest BCUT2D eigenvalue weighted by Crippen LogP contribution is -1.94. The molecule has 0 aliphatic rings. The molecule has 0 aliphatic carbocycles. The van der Waals surface area contributed by atoms with Crippen LogP contribution in [0.2, 0.25) is 0 Å². The van der Waals surface area contributed by atoms with E-state index < -0.39 is 0 Å². The van der Waals surface area contributed by atoms with Crippen molar-refractivity contribution in [3.8, 4) is 5.69 Å². The first kappa shape index (κ1) is 13.8. The Kier molecular flexibility index (Phi) is 4.21. The molecule has 0 saturated carbocycles. The van der Waals surface area contributed by atoms with Gasteiger partial charge in [-0.15, -0.1) is 0 Å². The van der Waals surface area contributed by atoms with E-state index >= 15 is 0 Å². The van der Waals surface area contributed by atoms with Crippen molar-refractivity contribution in [1.82, 2.24) is 9.78 Å². The van der Waals surface area contributed by atoms with Crippen LogP contribution in [0.15, 0.2) is 67.0 Å². The number of alkyl halides is 1. The fraction of sp³-hybridized carbons (Fsp3) is 0.0625. The highest BCUT2D eigenvalue weighted by Gasteiger charge is 2.12. The van der Waals surface area contributed by atoms with Crippen molar-refractivity contribution in [3.63, 3.8) is 0 Å². The van der Waals surface area contributed by atoms with Gasteiger partial charge < -0.3 is 0 Å².